The molecule has 0 aliphatic heterocycles. The molecule has 0 atom stereocenters. The molecule has 162 valence electrons. The summed E-state index contributed by atoms with van der Waals surface area (Å²) in [6.45, 7) is 0. The van der Waals surface area contributed by atoms with E-state index in [1.807, 2.05) is 0 Å². The molecule has 6 nitrogen and oxygen atoms in total. The van der Waals surface area contributed by atoms with Crippen molar-refractivity contribution in [3.8, 4) is 0 Å². The van der Waals surface area contributed by atoms with Gasteiger partial charge in [-0.25, -0.2) is 0 Å². The van der Waals surface area contributed by atoms with E-state index in [2.05, 4.69) is 60.7 Å². The molecule has 2 aromatic rings. The standard InChI is InChI=1S/2C6H5.2CHF3O3S.Sn/c2*1-2-4-6-5-3-1;2*2-1(3,4)8(5,6)7;/h2*1-5H;2*(H,5,6,7);. The fraction of sp³-hybridized carbons (Fsp3) is 0.143. The monoisotopic (exact) mass is 574 g/mol. The van der Waals surface area contributed by atoms with Gasteiger partial charge in [0.1, 0.15) is 0 Å². The molecular weight excluding hydrogens is 561 g/mol. The maximum atomic E-state index is 10.7. The second-order valence-electron chi connectivity index (χ2n) is 4.70. The third-order valence-corrected chi connectivity index (χ3v) is 7.14. The van der Waals surface area contributed by atoms with Gasteiger partial charge in [-0.15, -0.1) is 0 Å². The molecule has 29 heavy (non-hydrogen) atoms. The van der Waals surface area contributed by atoms with Crippen molar-refractivity contribution in [3.05, 3.63) is 60.7 Å². The topological polar surface area (TPSA) is 109 Å². The van der Waals surface area contributed by atoms with Crippen molar-refractivity contribution in [2.75, 3.05) is 0 Å². The van der Waals surface area contributed by atoms with Crippen LogP contribution in [0.4, 0.5) is 26.3 Å². The third-order valence-electron chi connectivity index (χ3n) is 2.42. The minimum absolute atomic E-state index is 0.517. The van der Waals surface area contributed by atoms with E-state index in [9.17, 15) is 26.3 Å². The van der Waals surface area contributed by atoms with Crippen molar-refractivity contribution in [3.63, 3.8) is 0 Å². The van der Waals surface area contributed by atoms with Crippen LogP contribution in [0, 0.1) is 0 Å². The molecule has 0 fully saturated rings. The van der Waals surface area contributed by atoms with Crippen LogP contribution < -0.4 is 7.16 Å². The van der Waals surface area contributed by atoms with E-state index in [0.29, 0.717) is 0 Å². The normalized spacial score (nSPS) is 12.1. The Morgan fingerprint density at radius 1 is 0.586 bits per heavy atom. The number of halogens is 6. The molecule has 0 saturated heterocycles. The van der Waals surface area contributed by atoms with Gasteiger partial charge in [-0.2, -0.15) is 43.2 Å². The van der Waals surface area contributed by atoms with E-state index in [1.165, 1.54) is 7.16 Å². The Labute approximate surface area is 172 Å². The van der Waals surface area contributed by atoms with Crippen LogP contribution in [0.25, 0.3) is 0 Å². The molecule has 15 heteroatoms. The van der Waals surface area contributed by atoms with E-state index in [4.69, 9.17) is 25.9 Å². The van der Waals surface area contributed by atoms with Gasteiger partial charge in [-0.05, 0) is 0 Å². The van der Waals surface area contributed by atoms with E-state index in [1.54, 1.807) is 0 Å². The predicted molar refractivity (Wildman–Crippen MR) is 93.1 cm³/mol. The van der Waals surface area contributed by atoms with Crippen LogP contribution >= 0.6 is 0 Å². The van der Waals surface area contributed by atoms with E-state index in [-0.39, 0.29) is 0 Å². The van der Waals surface area contributed by atoms with Crippen LogP contribution in [0.15, 0.2) is 60.7 Å². The zero-order valence-corrected chi connectivity index (χ0v) is 18.4. The summed E-state index contributed by atoms with van der Waals surface area (Å²) in [6.07, 6.45) is 0. The fourth-order valence-corrected chi connectivity index (χ4v) is 4.21. The fourth-order valence-electron chi connectivity index (χ4n) is 1.21. The van der Waals surface area contributed by atoms with Crippen molar-refractivity contribution >= 4 is 48.5 Å². The molecule has 2 N–H and O–H groups in total. The number of hydrogen-bond donors (Lipinski definition) is 2. The molecule has 0 aliphatic rings. The minimum atomic E-state index is -5.84. The first-order valence-electron chi connectivity index (χ1n) is 6.90. The molecule has 0 amide bonds. The Hall–Kier alpha value is -1.36. The summed E-state index contributed by atoms with van der Waals surface area (Å²) in [5, 5.41) is 0. The quantitative estimate of drug-likeness (QED) is 0.247. The number of hydrogen-bond acceptors (Lipinski definition) is 4. The summed E-state index contributed by atoms with van der Waals surface area (Å²) in [7, 11) is -11.7. The van der Waals surface area contributed by atoms with Gasteiger partial charge < -0.3 is 0 Å². The van der Waals surface area contributed by atoms with Crippen molar-refractivity contribution in [1.82, 2.24) is 0 Å². The summed E-state index contributed by atoms with van der Waals surface area (Å²) >= 11 is -0.517. The second-order valence-corrected chi connectivity index (χ2v) is 11.5. The van der Waals surface area contributed by atoms with Gasteiger partial charge in [0, 0.05) is 0 Å². The van der Waals surface area contributed by atoms with Crippen molar-refractivity contribution in [1.29, 1.82) is 0 Å². The number of benzene rings is 2. The van der Waals surface area contributed by atoms with Gasteiger partial charge in [0.05, 0.1) is 0 Å². The van der Waals surface area contributed by atoms with Gasteiger partial charge in [0.2, 0.25) is 0 Å². The molecule has 2 rings (SSSR count). The first kappa shape index (κ1) is 27.6. The molecule has 0 saturated carbocycles. The Bertz CT molecular complexity index is 866. The van der Waals surface area contributed by atoms with E-state index >= 15 is 0 Å². The summed E-state index contributed by atoms with van der Waals surface area (Å²) in [4.78, 5) is 0. The van der Waals surface area contributed by atoms with Gasteiger partial charge in [-0.3, -0.25) is 9.11 Å². The number of rotatable bonds is 2. The SMILES string of the molecule is O=S(=O)(O)C(F)(F)F.O=S(=O)(O)C(F)(F)F.c1cc[c]([Sn][c]2ccccc2)cc1. The predicted octanol–water partition coefficient (Wildman–Crippen LogP) is 2.13. The van der Waals surface area contributed by atoms with Crippen LogP contribution in [0.2, 0.25) is 0 Å². The maximum absolute atomic E-state index is 10.7. The summed E-state index contributed by atoms with van der Waals surface area (Å²) < 4.78 is 118. The second kappa shape index (κ2) is 11.1. The molecule has 2 aromatic carbocycles. The van der Waals surface area contributed by atoms with Crippen LogP contribution in [0.1, 0.15) is 0 Å². The van der Waals surface area contributed by atoms with Crippen LogP contribution in [0.3, 0.4) is 0 Å². The van der Waals surface area contributed by atoms with Crippen molar-refractivity contribution in [2.45, 2.75) is 11.0 Å². The zero-order valence-electron chi connectivity index (χ0n) is 13.9. The summed E-state index contributed by atoms with van der Waals surface area (Å²) in [5.41, 5.74) is -11.1. The first-order valence-corrected chi connectivity index (χ1v) is 12.6. The van der Waals surface area contributed by atoms with Gasteiger partial charge in [0.15, 0.2) is 0 Å². The molecular formula is C14H12F6O6S2Sn. The molecule has 0 aromatic heterocycles. The summed E-state index contributed by atoms with van der Waals surface area (Å²) in [6, 6.07) is 21.6. The molecule has 0 bridgehead atoms. The van der Waals surface area contributed by atoms with E-state index < -0.39 is 52.4 Å². The van der Waals surface area contributed by atoms with Crippen LogP contribution in [0.5, 0.6) is 0 Å². The Morgan fingerprint density at radius 3 is 0.966 bits per heavy atom. The Kier molecular flexibility index (Phi) is 10.6. The Morgan fingerprint density at radius 2 is 0.793 bits per heavy atom. The first-order chi connectivity index (χ1) is 12.9. The Balaban J connectivity index is 0.000000432. The van der Waals surface area contributed by atoms with Gasteiger partial charge in [-0.1, -0.05) is 0 Å². The molecule has 0 unspecified atom stereocenters. The molecule has 0 heterocycles. The molecule has 2 radical (unpaired) electrons. The molecule has 0 aliphatic carbocycles. The van der Waals surface area contributed by atoms with Crippen LogP contribution in [-0.4, -0.2) is 58.1 Å². The average Bonchev–Trinajstić information content (AvgIpc) is 2.54. The van der Waals surface area contributed by atoms with E-state index in [0.717, 1.165) is 0 Å². The van der Waals surface area contributed by atoms with Gasteiger partial charge >= 0.3 is 120 Å². The third kappa shape index (κ3) is 12.0. The summed E-state index contributed by atoms with van der Waals surface area (Å²) in [5.74, 6) is 0. The average molecular weight is 573 g/mol. The zero-order chi connectivity index (χ0) is 22.9. The van der Waals surface area contributed by atoms with Crippen LogP contribution in [-0.2, 0) is 20.2 Å². The van der Waals surface area contributed by atoms with Gasteiger partial charge in [0.25, 0.3) is 0 Å². The number of alkyl halides is 6. The molecule has 0 spiro atoms. The van der Waals surface area contributed by atoms with Crippen molar-refractivity contribution in [2.24, 2.45) is 0 Å². The van der Waals surface area contributed by atoms with Crippen molar-refractivity contribution < 1.29 is 52.3 Å².